The highest BCUT2D eigenvalue weighted by atomic mass is 19.1. The first-order valence-corrected chi connectivity index (χ1v) is 7.87. The van der Waals surface area contributed by atoms with Gasteiger partial charge in [-0.2, -0.15) is 0 Å². The van der Waals surface area contributed by atoms with Gasteiger partial charge < -0.3 is 14.6 Å². The van der Waals surface area contributed by atoms with Crippen molar-refractivity contribution in [1.82, 2.24) is 19.4 Å². The molecule has 3 rings (SSSR count). The highest BCUT2D eigenvalue weighted by Crippen LogP contribution is 2.29. The molecule has 1 aliphatic rings. The third-order valence-electron chi connectivity index (χ3n) is 4.36. The second-order valence-electron chi connectivity index (χ2n) is 5.96. The Morgan fingerprint density at radius 3 is 2.71 bits per heavy atom. The highest BCUT2D eigenvalue weighted by molar-refractivity contribution is 5.88. The monoisotopic (exact) mass is 333 g/mol. The van der Waals surface area contributed by atoms with Crippen molar-refractivity contribution < 1.29 is 14.3 Å². The molecule has 24 heavy (non-hydrogen) atoms. The number of anilines is 1. The molecule has 7 nitrogen and oxygen atoms in total. The fourth-order valence-electron chi connectivity index (χ4n) is 2.93. The molecule has 1 aliphatic heterocycles. The lowest BCUT2D eigenvalue weighted by atomic mass is 9.91. The Morgan fingerprint density at radius 2 is 2.12 bits per heavy atom. The summed E-state index contributed by atoms with van der Waals surface area (Å²) in [5, 5.41) is 13.1. The van der Waals surface area contributed by atoms with Gasteiger partial charge in [0.15, 0.2) is 0 Å². The normalized spacial score (nSPS) is 16.9. The standard InChI is InChI=1S/C16H20FN5O2/c1-21-9-6-18-15(21)14(23)11-4-7-22(8-5-11)16(24)20-13-3-2-12(17)10-19-13/h2-3,6,9-11,14,23H,4-5,7-8H2,1H3,(H,19,20,24)/t14-/m0/s1. The summed E-state index contributed by atoms with van der Waals surface area (Å²) >= 11 is 0. The van der Waals surface area contributed by atoms with Crippen LogP contribution in [0.4, 0.5) is 15.0 Å². The number of rotatable bonds is 3. The van der Waals surface area contributed by atoms with E-state index in [0.29, 0.717) is 37.6 Å². The Bertz CT molecular complexity index is 695. The second-order valence-corrected chi connectivity index (χ2v) is 5.96. The van der Waals surface area contributed by atoms with Gasteiger partial charge in [0, 0.05) is 32.5 Å². The topological polar surface area (TPSA) is 83.3 Å². The van der Waals surface area contributed by atoms with Gasteiger partial charge in [0.05, 0.1) is 6.20 Å². The lowest BCUT2D eigenvalue weighted by molar-refractivity contribution is 0.0599. The van der Waals surface area contributed by atoms with Crippen molar-refractivity contribution in [2.24, 2.45) is 13.0 Å². The van der Waals surface area contributed by atoms with Crippen molar-refractivity contribution in [3.8, 4) is 0 Å². The fourth-order valence-corrected chi connectivity index (χ4v) is 2.93. The van der Waals surface area contributed by atoms with Gasteiger partial charge in [-0.1, -0.05) is 0 Å². The Hall–Kier alpha value is -2.48. The summed E-state index contributed by atoms with van der Waals surface area (Å²) in [6.45, 7) is 1.08. The van der Waals surface area contributed by atoms with E-state index in [-0.39, 0.29) is 11.9 Å². The van der Waals surface area contributed by atoms with Crippen molar-refractivity contribution in [3.05, 3.63) is 42.4 Å². The number of amides is 2. The van der Waals surface area contributed by atoms with E-state index in [4.69, 9.17) is 0 Å². The molecule has 1 atom stereocenters. The maximum Gasteiger partial charge on any atom is 0.323 e. The van der Waals surface area contributed by atoms with E-state index in [1.54, 1.807) is 17.3 Å². The number of aliphatic hydroxyl groups excluding tert-OH is 1. The van der Waals surface area contributed by atoms with Gasteiger partial charge in [-0.05, 0) is 30.9 Å². The van der Waals surface area contributed by atoms with Crippen LogP contribution in [0.15, 0.2) is 30.7 Å². The smallest absolute Gasteiger partial charge is 0.323 e. The Morgan fingerprint density at radius 1 is 1.38 bits per heavy atom. The maximum atomic E-state index is 12.8. The number of hydrogen-bond acceptors (Lipinski definition) is 4. The summed E-state index contributed by atoms with van der Waals surface area (Å²) in [4.78, 5) is 21.9. The van der Waals surface area contributed by atoms with E-state index in [9.17, 15) is 14.3 Å². The van der Waals surface area contributed by atoms with Crippen LogP contribution in [0.1, 0.15) is 24.8 Å². The molecule has 0 saturated carbocycles. The summed E-state index contributed by atoms with van der Waals surface area (Å²) in [6, 6.07) is 2.40. The number of imidazole rings is 1. The minimum atomic E-state index is -0.631. The average Bonchev–Trinajstić information content (AvgIpc) is 3.02. The average molecular weight is 333 g/mol. The first-order valence-electron chi connectivity index (χ1n) is 7.87. The van der Waals surface area contributed by atoms with Crippen molar-refractivity contribution in [1.29, 1.82) is 0 Å². The molecule has 2 N–H and O–H groups in total. The van der Waals surface area contributed by atoms with Crippen LogP contribution in [-0.4, -0.2) is 43.7 Å². The molecular formula is C16H20FN5O2. The number of carbonyl (C=O) groups is 1. The quantitative estimate of drug-likeness (QED) is 0.899. The zero-order valence-corrected chi connectivity index (χ0v) is 13.4. The molecule has 0 radical (unpaired) electrons. The molecule has 0 unspecified atom stereocenters. The van der Waals surface area contributed by atoms with Crippen molar-refractivity contribution in [3.63, 3.8) is 0 Å². The van der Waals surface area contributed by atoms with Gasteiger partial charge >= 0.3 is 6.03 Å². The van der Waals surface area contributed by atoms with Crippen LogP contribution in [0.25, 0.3) is 0 Å². The fraction of sp³-hybridized carbons (Fsp3) is 0.438. The van der Waals surface area contributed by atoms with Crippen LogP contribution < -0.4 is 5.32 Å². The Balaban J connectivity index is 1.54. The van der Waals surface area contributed by atoms with Crippen LogP contribution in [0.2, 0.25) is 0 Å². The first-order chi connectivity index (χ1) is 11.5. The van der Waals surface area contributed by atoms with E-state index in [1.165, 1.54) is 12.1 Å². The number of hydrogen-bond donors (Lipinski definition) is 2. The van der Waals surface area contributed by atoms with E-state index in [2.05, 4.69) is 15.3 Å². The van der Waals surface area contributed by atoms with Gasteiger partial charge in [0.25, 0.3) is 0 Å². The number of halogens is 1. The molecular weight excluding hydrogens is 313 g/mol. The minimum absolute atomic E-state index is 0.0686. The number of piperidine rings is 1. The number of aliphatic hydroxyl groups is 1. The molecule has 3 heterocycles. The van der Waals surface area contributed by atoms with Gasteiger partial charge in [-0.25, -0.2) is 19.2 Å². The summed E-state index contributed by atoms with van der Waals surface area (Å²) in [5.41, 5.74) is 0. The molecule has 128 valence electrons. The summed E-state index contributed by atoms with van der Waals surface area (Å²) in [5.74, 6) is 0.584. The molecule has 0 aliphatic carbocycles. The van der Waals surface area contributed by atoms with Crippen LogP contribution >= 0.6 is 0 Å². The number of urea groups is 1. The van der Waals surface area contributed by atoms with Crippen molar-refractivity contribution in [2.45, 2.75) is 18.9 Å². The molecule has 2 aromatic rings. The number of aryl methyl sites for hydroxylation is 1. The largest absolute Gasteiger partial charge is 0.385 e. The number of nitrogens with zero attached hydrogens (tertiary/aromatic N) is 4. The zero-order valence-electron chi connectivity index (χ0n) is 13.4. The van der Waals surface area contributed by atoms with Crippen LogP contribution in [0.3, 0.4) is 0 Å². The van der Waals surface area contributed by atoms with Gasteiger partial charge in [-0.3, -0.25) is 5.32 Å². The van der Waals surface area contributed by atoms with Crippen molar-refractivity contribution >= 4 is 11.8 Å². The third kappa shape index (κ3) is 3.53. The predicted octanol–water partition coefficient (Wildman–Crippen LogP) is 1.93. The van der Waals surface area contributed by atoms with E-state index >= 15 is 0 Å². The maximum absolute atomic E-state index is 12.8. The predicted molar refractivity (Wildman–Crippen MR) is 85.7 cm³/mol. The SMILES string of the molecule is Cn1ccnc1[C@@H](O)C1CCN(C(=O)Nc2ccc(F)cn2)CC1. The lowest BCUT2D eigenvalue weighted by Crippen LogP contribution is -2.42. The van der Waals surface area contributed by atoms with E-state index < -0.39 is 11.9 Å². The van der Waals surface area contributed by atoms with Crippen LogP contribution in [0.5, 0.6) is 0 Å². The Kier molecular flexibility index (Phi) is 4.75. The lowest BCUT2D eigenvalue weighted by Gasteiger charge is -2.33. The van der Waals surface area contributed by atoms with E-state index in [1.807, 2.05) is 11.6 Å². The van der Waals surface area contributed by atoms with E-state index in [0.717, 1.165) is 6.20 Å². The number of nitrogens with one attached hydrogen (secondary N) is 1. The number of likely N-dealkylation sites (tertiary alicyclic amines) is 1. The van der Waals surface area contributed by atoms with Gasteiger partial charge in [0.2, 0.25) is 0 Å². The first kappa shape index (κ1) is 16.4. The highest BCUT2D eigenvalue weighted by Gasteiger charge is 2.30. The molecule has 8 heteroatoms. The van der Waals surface area contributed by atoms with Gasteiger partial charge in [0.1, 0.15) is 23.6 Å². The molecule has 0 bridgehead atoms. The molecule has 1 fully saturated rings. The second kappa shape index (κ2) is 6.96. The third-order valence-corrected chi connectivity index (χ3v) is 4.36. The van der Waals surface area contributed by atoms with Crippen molar-refractivity contribution in [2.75, 3.05) is 18.4 Å². The molecule has 2 amide bonds. The number of carbonyl (C=O) groups excluding carboxylic acids is 1. The number of aromatic nitrogens is 3. The minimum Gasteiger partial charge on any atom is -0.385 e. The molecule has 0 spiro atoms. The summed E-state index contributed by atoms with van der Waals surface area (Å²) in [7, 11) is 1.85. The van der Waals surface area contributed by atoms with Crippen LogP contribution in [0, 0.1) is 11.7 Å². The molecule has 0 aromatic carbocycles. The molecule has 2 aromatic heterocycles. The molecule has 1 saturated heterocycles. The summed E-state index contributed by atoms with van der Waals surface area (Å²) < 4.78 is 14.6. The van der Waals surface area contributed by atoms with Crippen LogP contribution in [-0.2, 0) is 7.05 Å². The summed E-state index contributed by atoms with van der Waals surface area (Å²) in [6.07, 6.45) is 5.28. The zero-order chi connectivity index (χ0) is 17.1. The van der Waals surface area contributed by atoms with Gasteiger partial charge in [-0.15, -0.1) is 0 Å². The number of pyridine rings is 1. The Labute approximate surface area is 139 Å².